The number of rotatable bonds is 5. The topological polar surface area (TPSA) is 23.6 Å². The van der Waals surface area contributed by atoms with Crippen LogP contribution in [-0.2, 0) is 16.8 Å². The molecule has 2 aromatic carbocycles. The lowest BCUT2D eigenvalue weighted by Crippen LogP contribution is -2.41. The van der Waals surface area contributed by atoms with E-state index in [0.717, 1.165) is 18.7 Å². The normalized spacial score (nSPS) is 23.3. The van der Waals surface area contributed by atoms with Gasteiger partial charge < -0.3 is 9.80 Å². The van der Waals surface area contributed by atoms with Gasteiger partial charge in [-0.05, 0) is 63.0 Å². The van der Waals surface area contributed by atoms with E-state index in [9.17, 15) is 4.79 Å². The molecule has 1 amide bonds. The van der Waals surface area contributed by atoms with Crippen molar-refractivity contribution in [2.75, 3.05) is 24.5 Å². The highest BCUT2D eigenvalue weighted by molar-refractivity contribution is 6.07. The molecule has 0 aliphatic carbocycles. The lowest BCUT2D eigenvalue weighted by atomic mass is 9.80. The predicted molar refractivity (Wildman–Crippen MR) is 106 cm³/mol. The molecule has 0 radical (unpaired) electrons. The van der Waals surface area contributed by atoms with E-state index in [1.807, 2.05) is 29.2 Å². The SMILES string of the molecule is C[C@]1(CCN2CCCCC2)C(=O)N(Cc2ccccc2)c2ccccc21. The van der Waals surface area contributed by atoms with Gasteiger partial charge in [0, 0.05) is 5.69 Å². The number of anilines is 1. The highest BCUT2D eigenvalue weighted by Gasteiger charge is 2.46. The van der Waals surface area contributed by atoms with Crippen molar-refractivity contribution in [3.05, 3.63) is 65.7 Å². The van der Waals surface area contributed by atoms with E-state index in [-0.39, 0.29) is 5.91 Å². The molecule has 0 unspecified atom stereocenters. The van der Waals surface area contributed by atoms with E-state index < -0.39 is 5.41 Å². The molecule has 0 aromatic heterocycles. The van der Waals surface area contributed by atoms with Crippen LogP contribution in [0.4, 0.5) is 5.69 Å². The van der Waals surface area contributed by atoms with Crippen LogP contribution in [0.15, 0.2) is 54.6 Å². The lowest BCUT2D eigenvalue weighted by Gasteiger charge is -2.31. The summed E-state index contributed by atoms with van der Waals surface area (Å²) in [6.45, 7) is 6.16. The van der Waals surface area contributed by atoms with Crippen LogP contribution in [-0.4, -0.2) is 30.4 Å². The van der Waals surface area contributed by atoms with E-state index in [2.05, 4.69) is 42.2 Å². The third-order valence-electron chi connectivity index (χ3n) is 6.07. The Bertz CT molecular complexity index is 767. The number of para-hydroxylation sites is 1. The van der Waals surface area contributed by atoms with E-state index in [4.69, 9.17) is 0 Å². The van der Waals surface area contributed by atoms with E-state index >= 15 is 0 Å². The average Bonchev–Trinajstić information content (AvgIpc) is 2.91. The first-order chi connectivity index (χ1) is 12.7. The number of piperidine rings is 1. The van der Waals surface area contributed by atoms with Gasteiger partial charge in [-0.1, -0.05) is 55.0 Å². The monoisotopic (exact) mass is 348 g/mol. The van der Waals surface area contributed by atoms with Gasteiger partial charge in [-0.2, -0.15) is 0 Å². The molecule has 0 spiro atoms. The van der Waals surface area contributed by atoms with Crippen molar-refractivity contribution in [2.45, 2.75) is 44.6 Å². The summed E-state index contributed by atoms with van der Waals surface area (Å²) < 4.78 is 0. The van der Waals surface area contributed by atoms with Crippen LogP contribution >= 0.6 is 0 Å². The molecular formula is C23H28N2O. The van der Waals surface area contributed by atoms with Crippen LogP contribution in [0.1, 0.15) is 43.7 Å². The van der Waals surface area contributed by atoms with Crippen LogP contribution in [0.25, 0.3) is 0 Å². The van der Waals surface area contributed by atoms with Crippen molar-refractivity contribution in [2.24, 2.45) is 0 Å². The molecule has 136 valence electrons. The zero-order valence-electron chi connectivity index (χ0n) is 15.7. The first kappa shape index (κ1) is 17.3. The summed E-state index contributed by atoms with van der Waals surface area (Å²) in [6, 6.07) is 18.6. The number of amides is 1. The minimum absolute atomic E-state index is 0.250. The molecule has 3 nitrogen and oxygen atoms in total. The van der Waals surface area contributed by atoms with Crippen LogP contribution in [0.3, 0.4) is 0 Å². The van der Waals surface area contributed by atoms with Gasteiger partial charge in [0.1, 0.15) is 0 Å². The summed E-state index contributed by atoms with van der Waals surface area (Å²) in [5, 5.41) is 0. The summed E-state index contributed by atoms with van der Waals surface area (Å²) >= 11 is 0. The second-order valence-electron chi connectivity index (χ2n) is 7.88. The van der Waals surface area contributed by atoms with Gasteiger partial charge in [0.25, 0.3) is 0 Å². The van der Waals surface area contributed by atoms with Crippen LogP contribution < -0.4 is 4.90 Å². The smallest absolute Gasteiger partial charge is 0.237 e. The second kappa shape index (κ2) is 7.24. The summed E-state index contributed by atoms with van der Waals surface area (Å²) in [5.74, 6) is 0.250. The number of benzene rings is 2. The average molecular weight is 348 g/mol. The molecule has 4 rings (SSSR count). The third-order valence-corrected chi connectivity index (χ3v) is 6.07. The minimum atomic E-state index is -0.414. The summed E-state index contributed by atoms with van der Waals surface area (Å²) in [5.41, 5.74) is 3.04. The molecule has 0 N–H and O–H groups in total. The zero-order chi connectivity index (χ0) is 18.0. The molecule has 2 aromatic rings. The number of hydrogen-bond acceptors (Lipinski definition) is 2. The Morgan fingerprint density at radius 2 is 1.62 bits per heavy atom. The second-order valence-corrected chi connectivity index (χ2v) is 7.88. The summed E-state index contributed by atoms with van der Waals surface area (Å²) in [4.78, 5) is 18.0. The molecule has 0 bridgehead atoms. The van der Waals surface area contributed by atoms with Gasteiger partial charge in [-0.25, -0.2) is 0 Å². The van der Waals surface area contributed by atoms with E-state index in [0.29, 0.717) is 6.54 Å². The number of carbonyl (C=O) groups is 1. The molecule has 0 saturated carbocycles. The molecule has 1 fully saturated rings. The maximum atomic E-state index is 13.5. The molecular weight excluding hydrogens is 320 g/mol. The first-order valence-corrected chi connectivity index (χ1v) is 9.86. The molecule has 3 heteroatoms. The molecule has 2 aliphatic rings. The fourth-order valence-electron chi connectivity index (χ4n) is 4.43. The number of fused-ring (bicyclic) bond motifs is 1. The highest BCUT2D eigenvalue weighted by Crippen LogP contribution is 2.44. The Hall–Kier alpha value is -2.13. The Balaban J connectivity index is 1.58. The van der Waals surface area contributed by atoms with Crippen molar-refractivity contribution in [1.29, 1.82) is 0 Å². The van der Waals surface area contributed by atoms with Crippen LogP contribution in [0, 0.1) is 0 Å². The number of hydrogen-bond donors (Lipinski definition) is 0. The minimum Gasteiger partial charge on any atom is -0.307 e. The standard InChI is InChI=1S/C23H28N2O/c1-23(14-17-24-15-8-3-9-16-24)20-12-6-7-13-21(20)25(22(23)26)18-19-10-4-2-5-11-19/h2,4-7,10-13H,3,8-9,14-18H2,1H3/t23-/m1/s1. The van der Waals surface area contributed by atoms with E-state index in [1.54, 1.807) is 0 Å². The Labute approximate surface area is 156 Å². The molecule has 26 heavy (non-hydrogen) atoms. The van der Waals surface area contributed by atoms with Crippen molar-refractivity contribution in [3.8, 4) is 0 Å². The van der Waals surface area contributed by atoms with Gasteiger partial charge in [-0.3, -0.25) is 4.79 Å². The number of likely N-dealkylation sites (tertiary alicyclic amines) is 1. The fraction of sp³-hybridized carbons (Fsp3) is 0.435. The van der Waals surface area contributed by atoms with Crippen LogP contribution in [0.5, 0.6) is 0 Å². The maximum Gasteiger partial charge on any atom is 0.237 e. The number of nitrogens with zero attached hydrogens (tertiary/aromatic N) is 2. The molecule has 1 atom stereocenters. The lowest BCUT2D eigenvalue weighted by molar-refractivity contribution is -0.123. The van der Waals surface area contributed by atoms with Crippen molar-refractivity contribution in [3.63, 3.8) is 0 Å². The third kappa shape index (κ3) is 3.16. The number of carbonyl (C=O) groups excluding carboxylic acids is 1. The largest absolute Gasteiger partial charge is 0.307 e. The van der Waals surface area contributed by atoms with Crippen molar-refractivity contribution in [1.82, 2.24) is 4.90 Å². The molecule has 2 aliphatic heterocycles. The van der Waals surface area contributed by atoms with Gasteiger partial charge >= 0.3 is 0 Å². The van der Waals surface area contributed by atoms with Crippen LogP contribution in [0.2, 0.25) is 0 Å². The highest BCUT2D eigenvalue weighted by atomic mass is 16.2. The zero-order valence-corrected chi connectivity index (χ0v) is 15.7. The van der Waals surface area contributed by atoms with Gasteiger partial charge in [0.15, 0.2) is 0 Å². The Kier molecular flexibility index (Phi) is 4.82. The predicted octanol–water partition coefficient (Wildman–Crippen LogP) is 4.37. The summed E-state index contributed by atoms with van der Waals surface area (Å²) in [6.07, 6.45) is 4.83. The first-order valence-electron chi connectivity index (χ1n) is 9.86. The fourth-order valence-corrected chi connectivity index (χ4v) is 4.43. The molecule has 2 heterocycles. The Morgan fingerprint density at radius 3 is 2.38 bits per heavy atom. The van der Waals surface area contributed by atoms with Crippen molar-refractivity contribution < 1.29 is 4.79 Å². The maximum absolute atomic E-state index is 13.5. The summed E-state index contributed by atoms with van der Waals surface area (Å²) in [7, 11) is 0. The van der Waals surface area contributed by atoms with Crippen molar-refractivity contribution >= 4 is 11.6 Å². The quantitative estimate of drug-likeness (QED) is 0.801. The van der Waals surface area contributed by atoms with E-state index in [1.165, 1.54) is 43.5 Å². The Morgan fingerprint density at radius 1 is 0.923 bits per heavy atom. The van der Waals surface area contributed by atoms with Gasteiger partial charge in [0.05, 0.1) is 12.0 Å². The van der Waals surface area contributed by atoms with Gasteiger partial charge in [0.2, 0.25) is 5.91 Å². The van der Waals surface area contributed by atoms with Gasteiger partial charge in [-0.15, -0.1) is 0 Å². The molecule has 1 saturated heterocycles.